The predicted molar refractivity (Wildman–Crippen MR) is 118 cm³/mol. The molecule has 2 heterocycles. The molecule has 0 aliphatic carbocycles. The van der Waals surface area contributed by atoms with Gasteiger partial charge in [0, 0.05) is 31.8 Å². The minimum absolute atomic E-state index is 0.188. The Labute approximate surface area is 182 Å². The van der Waals surface area contributed by atoms with Gasteiger partial charge in [-0.25, -0.2) is 0 Å². The van der Waals surface area contributed by atoms with Crippen molar-refractivity contribution in [1.82, 2.24) is 15.0 Å². The van der Waals surface area contributed by atoms with E-state index in [9.17, 15) is 0 Å². The summed E-state index contributed by atoms with van der Waals surface area (Å²) in [6.07, 6.45) is 2.32. The van der Waals surface area contributed by atoms with E-state index >= 15 is 0 Å². The summed E-state index contributed by atoms with van der Waals surface area (Å²) < 4.78 is 21.7. The van der Waals surface area contributed by atoms with Crippen molar-refractivity contribution in [3.8, 4) is 17.1 Å². The topological polar surface area (TPSA) is 126 Å². The van der Waals surface area contributed by atoms with Crippen molar-refractivity contribution in [1.29, 1.82) is 0 Å². The van der Waals surface area contributed by atoms with Crippen molar-refractivity contribution in [2.24, 2.45) is 5.73 Å². The summed E-state index contributed by atoms with van der Waals surface area (Å²) in [4.78, 5) is 13.6. The number of nitrogens with one attached hydrogen (secondary N) is 2. The number of nitrogens with zero attached hydrogens (tertiary/aromatic N) is 3. The Balaban J connectivity index is 1.59. The van der Waals surface area contributed by atoms with Gasteiger partial charge in [-0.2, -0.15) is 15.0 Å². The molecule has 170 valence electrons. The number of nitrogens with two attached hydrogens (primary N) is 1. The molecule has 1 unspecified atom stereocenters. The third-order valence-corrected chi connectivity index (χ3v) is 4.66. The molecule has 1 atom stereocenters. The zero-order valence-electron chi connectivity index (χ0n) is 18.0. The second-order valence-corrected chi connectivity index (χ2v) is 6.99. The van der Waals surface area contributed by atoms with Crippen molar-refractivity contribution >= 4 is 11.9 Å². The van der Waals surface area contributed by atoms with Crippen LogP contribution in [0.5, 0.6) is 5.75 Å². The molecule has 10 nitrogen and oxygen atoms in total. The van der Waals surface area contributed by atoms with Crippen LogP contribution in [-0.4, -0.2) is 80.8 Å². The molecule has 1 fully saturated rings. The number of aromatic nitrogens is 3. The second kappa shape index (κ2) is 13.0. The molecule has 1 aliphatic heterocycles. The minimum Gasteiger partial charge on any atom is -0.497 e. The van der Waals surface area contributed by atoms with E-state index in [1.54, 1.807) is 7.11 Å². The van der Waals surface area contributed by atoms with Crippen LogP contribution in [-0.2, 0) is 14.2 Å². The number of hydrogen-bond donors (Lipinski definition) is 3. The van der Waals surface area contributed by atoms with E-state index in [4.69, 9.17) is 24.7 Å². The Morgan fingerprint density at radius 3 is 2.42 bits per heavy atom. The Kier molecular flexibility index (Phi) is 9.71. The molecule has 1 aromatic heterocycles. The molecule has 4 N–H and O–H groups in total. The fraction of sp³-hybridized carbons (Fsp3) is 0.571. The number of anilines is 2. The maximum Gasteiger partial charge on any atom is 0.228 e. The Bertz CT molecular complexity index is 771. The van der Waals surface area contributed by atoms with Gasteiger partial charge in [-0.15, -0.1) is 0 Å². The number of methoxy groups -OCH3 is 1. The largest absolute Gasteiger partial charge is 0.497 e. The zero-order valence-corrected chi connectivity index (χ0v) is 18.0. The van der Waals surface area contributed by atoms with Crippen LogP contribution in [0.4, 0.5) is 11.9 Å². The van der Waals surface area contributed by atoms with Crippen LogP contribution in [0.1, 0.15) is 12.8 Å². The van der Waals surface area contributed by atoms with Crippen molar-refractivity contribution in [3.63, 3.8) is 0 Å². The molecule has 3 rings (SSSR count). The normalized spacial score (nSPS) is 15.7. The first kappa shape index (κ1) is 23.1. The lowest BCUT2D eigenvalue weighted by Crippen LogP contribution is -2.21. The van der Waals surface area contributed by atoms with E-state index in [2.05, 4.69) is 25.6 Å². The molecule has 10 heteroatoms. The molecule has 1 aromatic carbocycles. The summed E-state index contributed by atoms with van der Waals surface area (Å²) >= 11 is 0. The molecular weight excluding hydrogens is 400 g/mol. The maximum atomic E-state index is 5.68. The molecule has 0 bridgehead atoms. The van der Waals surface area contributed by atoms with Crippen molar-refractivity contribution in [2.75, 3.05) is 70.4 Å². The molecule has 0 spiro atoms. The van der Waals surface area contributed by atoms with Gasteiger partial charge in [-0.3, -0.25) is 0 Å². The Hall–Kier alpha value is -2.53. The van der Waals surface area contributed by atoms with Crippen molar-refractivity contribution < 1.29 is 18.9 Å². The number of hydrogen-bond acceptors (Lipinski definition) is 10. The van der Waals surface area contributed by atoms with E-state index in [0.717, 1.165) is 30.8 Å². The molecule has 0 saturated carbocycles. The monoisotopic (exact) mass is 432 g/mol. The average molecular weight is 433 g/mol. The molecule has 1 saturated heterocycles. The number of benzene rings is 1. The van der Waals surface area contributed by atoms with Gasteiger partial charge in [0.2, 0.25) is 11.9 Å². The Morgan fingerprint density at radius 2 is 1.74 bits per heavy atom. The summed E-state index contributed by atoms with van der Waals surface area (Å²) in [6.45, 7) is 4.65. The van der Waals surface area contributed by atoms with Gasteiger partial charge >= 0.3 is 0 Å². The van der Waals surface area contributed by atoms with E-state index < -0.39 is 0 Å². The standard InChI is InChI=1S/C21H32N6O4/c1-28-17-6-4-16(5-7-17)19-25-20(23-9-12-30-14-13-29-11-8-22)27-21(26-19)24-15-18-3-2-10-31-18/h4-7,18H,2-3,8-15,22H2,1H3,(H2,23,24,25,26,27). The van der Waals surface area contributed by atoms with Crippen LogP contribution in [0.2, 0.25) is 0 Å². The van der Waals surface area contributed by atoms with Crippen LogP contribution in [0.3, 0.4) is 0 Å². The Morgan fingerprint density at radius 1 is 1.00 bits per heavy atom. The van der Waals surface area contributed by atoms with Gasteiger partial charge in [0.25, 0.3) is 0 Å². The molecular formula is C21H32N6O4. The summed E-state index contributed by atoms with van der Waals surface area (Å²) in [6, 6.07) is 7.61. The maximum absolute atomic E-state index is 5.68. The van der Waals surface area contributed by atoms with Gasteiger partial charge in [0.05, 0.1) is 39.6 Å². The molecule has 0 amide bonds. The lowest BCUT2D eigenvalue weighted by molar-refractivity contribution is 0.0547. The molecule has 31 heavy (non-hydrogen) atoms. The van der Waals surface area contributed by atoms with Crippen LogP contribution < -0.4 is 21.1 Å². The van der Waals surface area contributed by atoms with E-state index in [-0.39, 0.29) is 6.10 Å². The smallest absolute Gasteiger partial charge is 0.228 e. The van der Waals surface area contributed by atoms with Gasteiger partial charge in [0.15, 0.2) is 5.82 Å². The third-order valence-electron chi connectivity index (χ3n) is 4.66. The summed E-state index contributed by atoms with van der Waals surface area (Å²) in [5, 5.41) is 6.48. The zero-order chi connectivity index (χ0) is 21.7. The summed E-state index contributed by atoms with van der Waals surface area (Å²) in [5.74, 6) is 2.35. The van der Waals surface area contributed by atoms with Crippen LogP contribution in [0.15, 0.2) is 24.3 Å². The fourth-order valence-electron chi connectivity index (χ4n) is 3.05. The van der Waals surface area contributed by atoms with Crippen LogP contribution in [0, 0.1) is 0 Å². The first-order valence-corrected chi connectivity index (χ1v) is 10.6. The lowest BCUT2D eigenvalue weighted by Gasteiger charge is -2.13. The van der Waals surface area contributed by atoms with E-state index in [1.807, 2.05) is 24.3 Å². The summed E-state index contributed by atoms with van der Waals surface area (Å²) in [7, 11) is 1.64. The van der Waals surface area contributed by atoms with Crippen molar-refractivity contribution in [2.45, 2.75) is 18.9 Å². The number of rotatable bonds is 14. The van der Waals surface area contributed by atoms with E-state index in [0.29, 0.717) is 63.8 Å². The highest BCUT2D eigenvalue weighted by atomic mass is 16.5. The minimum atomic E-state index is 0.188. The lowest BCUT2D eigenvalue weighted by atomic mass is 10.2. The van der Waals surface area contributed by atoms with Crippen LogP contribution in [0.25, 0.3) is 11.4 Å². The van der Waals surface area contributed by atoms with Crippen LogP contribution >= 0.6 is 0 Å². The van der Waals surface area contributed by atoms with Gasteiger partial charge in [0.1, 0.15) is 5.75 Å². The summed E-state index contributed by atoms with van der Waals surface area (Å²) in [5.41, 5.74) is 6.25. The van der Waals surface area contributed by atoms with E-state index in [1.165, 1.54) is 0 Å². The first-order valence-electron chi connectivity index (χ1n) is 10.6. The number of ether oxygens (including phenoxy) is 4. The fourth-order valence-corrected chi connectivity index (χ4v) is 3.05. The molecule has 2 aromatic rings. The SMILES string of the molecule is COc1ccc(-c2nc(NCCOCCOCCN)nc(NCC3CCCO3)n2)cc1. The first-order chi connectivity index (χ1) is 15.3. The van der Waals surface area contributed by atoms with Crippen molar-refractivity contribution in [3.05, 3.63) is 24.3 Å². The third kappa shape index (κ3) is 7.91. The molecule has 1 aliphatic rings. The highest BCUT2D eigenvalue weighted by Crippen LogP contribution is 2.21. The van der Waals surface area contributed by atoms with Gasteiger partial charge < -0.3 is 35.3 Å². The average Bonchev–Trinajstić information content (AvgIpc) is 3.33. The second-order valence-electron chi connectivity index (χ2n) is 6.99. The predicted octanol–water partition coefficient (Wildman–Crippen LogP) is 1.54. The molecule has 0 radical (unpaired) electrons. The van der Waals surface area contributed by atoms with Gasteiger partial charge in [-0.1, -0.05) is 0 Å². The van der Waals surface area contributed by atoms with Gasteiger partial charge in [-0.05, 0) is 37.1 Å². The quantitative estimate of drug-likeness (QED) is 0.378. The highest BCUT2D eigenvalue weighted by Gasteiger charge is 2.16. The highest BCUT2D eigenvalue weighted by molar-refractivity contribution is 5.59.